The molecule has 17 heavy (non-hydrogen) atoms. The average molecular weight is 240 g/mol. The summed E-state index contributed by atoms with van der Waals surface area (Å²) in [6, 6.07) is -0.813. The van der Waals surface area contributed by atoms with Gasteiger partial charge in [0.15, 0.2) is 0 Å². The summed E-state index contributed by atoms with van der Waals surface area (Å²) in [7, 11) is 0. The maximum absolute atomic E-state index is 11.9. The van der Waals surface area contributed by atoms with Crippen LogP contribution >= 0.6 is 0 Å². The normalized spacial score (nSPS) is 20.8. The third-order valence-corrected chi connectivity index (χ3v) is 2.68. The van der Waals surface area contributed by atoms with Gasteiger partial charge in [-0.1, -0.05) is 20.8 Å². The topological polar surface area (TPSA) is 74.8 Å². The summed E-state index contributed by atoms with van der Waals surface area (Å²) in [5, 5.41) is 0. The predicted molar refractivity (Wildman–Crippen MR) is 58.7 cm³/mol. The molecule has 0 aromatic rings. The number of imide groups is 4. The molecule has 0 bridgehead atoms. The summed E-state index contributed by atoms with van der Waals surface area (Å²) in [4.78, 5) is 48.2. The molecule has 1 aliphatic heterocycles. The molecule has 0 aromatic carbocycles. The molecule has 6 heteroatoms. The SMILES string of the molecule is CCC(=O)N1CC(C)C(=O)N(C(=O)CC)C1=O. The summed E-state index contributed by atoms with van der Waals surface area (Å²) < 4.78 is 0. The van der Waals surface area contributed by atoms with E-state index >= 15 is 0 Å². The fourth-order valence-electron chi connectivity index (χ4n) is 1.65. The Labute approximate surface area is 99.5 Å². The van der Waals surface area contributed by atoms with Crippen LogP contribution in [0, 0.1) is 5.92 Å². The molecule has 0 radical (unpaired) electrons. The molecule has 6 nitrogen and oxygen atoms in total. The van der Waals surface area contributed by atoms with Crippen molar-refractivity contribution in [1.29, 1.82) is 0 Å². The number of hydrogen-bond donors (Lipinski definition) is 0. The first-order chi connectivity index (χ1) is 7.93. The molecule has 0 N–H and O–H groups in total. The van der Waals surface area contributed by atoms with E-state index in [0.29, 0.717) is 4.90 Å². The number of carbonyl (C=O) groups is 4. The van der Waals surface area contributed by atoms with Crippen molar-refractivity contribution in [3.63, 3.8) is 0 Å². The van der Waals surface area contributed by atoms with Crippen molar-refractivity contribution >= 4 is 23.8 Å². The van der Waals surface area contributed by atoms with Crippen molar-refractivity contribution in [3.8, 4) is 0 Å². The standard InChI is InChI=1S/C11H16N2O4/c1-4-8(14)12-6-7(3)10(16)13(11(12)17)9(15)5-2/h7H,4-6H2,1-3H3. The van der Waals surface area contributed by atoms with Crippen LogP contribution in [0.2, 0.25) is 0 Å². The van der Waals surface area contributed by atoms with Gasteiger partial charge in [0.05, 0.1) is 5.92 Å². The summed E-state index contributed by atoms with van der Waals surface area (Å²) >= 11 is 0. The van der Waals surface area contributed by atoms with Crippen LogP contribution in [0.3, 0.4) is 0 Å². The van der Waals surface area contributed by atoms with Gasteiger partial charge in [-0.15, -0.1) is 0 Å². The van der Waals surface area contributed by atoms with E-state index in [1.54, 1.807) is 20.8 Å². The first-order valence-electron chi connectivity index (χ1n) is 5.65. The molecule has 94 valence electrons. The number of rotatable bonds is 2. The first kappa shape index (κ1) is 13.3. The monoisotopic (exact) mass is 240 g/mol. The third kappa shape index (κ3) is 2.35. The number of amides is 5. The lowest BCUT2D eigenvalue weighted by Gasteiger charge is -2.34. The Hall–Kier alpha value is -1.72. The van der Waals surface area contributed by atoms with E-state index < -0.39 is 23.8 Å². The molecule has 1 saturated heterocycles. The predicted octanol–water partition coefficient (Wildman–Crippen LogP) is 0.760. The van der Waals surface area contributed by atoms with Gasteiger partial charge in [0.25, 0.3) is 0 Å². The van der Waals surface area contributed by atoms with E-state index in [1.807, 2.05) is 0 Å². The summed E-state index contributed by atoms with van der Waals surface area (Å²) in [5.41, 5.74) is 0. The molecular formula is C11H16N2O4. The molecule has 0 aromatic heterocycles. The van der Waals surface area contributed by atoms with E-state index in [9.17, 15) is 19.2 Å². The van der Waals surface area contributed by atoms with Crippen molar-refractivity contribution in [2.24, 2.45) is 5.92 Å². The summed E-state index contributed by atoms with van der Waals surface area (Å²) in [6.07, 6.45) is 0.221. The number of nitrogens with zero attached hydrogens (tertiary/aromatic N) is 2. The van der Waals surface area contributed by atoms with Crippen molar-refractivity contribution in [2.75, 3.05) is 6.54 Å². The highest BCUT2D eigenvalue weighted by Crippen LogP contribution is 2.17. The van der Waals surface area contributed by atoms with E-state index in [1.165, 1.54) is 0 Å². The second-order valence-corrected chi connectivity index (χ2v) is 3.96. The number of urea groups is 1. The fraction of sp³-hybridized carbons (Fsp3) is 0.636. The van der Waals surface area contributed by atoms with Gasteiger partial charge in [0.1, 0.15) is 0 Å². The van der Waals surface area contributed by atoms with Gasteiger partial charge in [-0.05, 0) is 0 Å². The zero-order chi connectivity index (χ0) is 13.2. The molecule has 1 fully saturated rings. The minimum absolute atomic E-state index is 0.0534. The lowest BCUT2D eigenvalue weighted by atomic mass is 10.1. The molecule has 1 heterocycles. The Bertz CT molecular complexity index is 378. The van der Waals surface area contributed by atoms with Crippen molar-refractivity contribution in [3.05, 3.63) is 0 Å². The van der Waals surface area contributed by atoms with Crippen molar-refractivity contribution in [2.45, 2.75) is 33.6 Å². The van der Waals surface area contributed by atoms with Crippen LogP contribution in [0.1, 0.15) is 33.6 Å². The molecule has 1 aliphatic rings. The van der Waals surface area contributed by atoms with Gasteiger partial charge in [-0.2, -0.15) is 4.90 Å². The van der Waals surface area contributed by atoms with Crippen molar-refractivity contribution < 1.29 is 19.2 Å². The Morgan fingerprint density at radius 1 is 1.18 bits per heavy atom. The van der Waals surface area contributed by atoms with E-state index in [4.69, 9.17) is 0 Å². The smallest absolute Gasteiger partial charge is 0.274 e. The average Bonchev–Trinajstić information content (AvgIpc) is 2.32. The Morgan fingerprint density at radius 2 is 1.71 bits per heavy atom. The number of carbonyl (C=O) groups excluding carboxylic acids is 4. The number of hydrogen-bond acceptors (Lipinski definition) is 4. The molecule has 0 spiro atoms. The van der Waals surface area contributed by atoms with Crippen molar-refractivity contribution in [1.82, 2.24) is 9.80 Å². The highest BCUT2D eigenvalue weighted by molar-refractivity contribution is 6.15. The molecule has 1 unspecified atom stereocenters. The molecule has 1 atom stereocenters. The summed E-state index contributed by atoms with van der Waals surface area (Å²) in [6.45, 7) is 4.84. The second-order valence-electron chi connectivity index (χ2n) is 3.96. The zero-order valence-electron chi connectivity index (χ0n) is 10.2. The van der Waals surface area contributed by atoms with Gasteiger partial charge in [0.2, 0.25) is 17.7 Å². The van der Waals surface area contributed by atoms with Crippen LogP contribution in [-0.2, 0) is 14.4 Å². The Kier molecular flexibility index (Phi) is 3.98. The van der Waals surface area contributed by atoms with E-state index in [0.717, 1.165) is 4.90 Å². The van der Waals surface area contributed by atoms with Gasteiger partial charge < -0.3 is 0 Å². The minimum atomic E-state index is -0.813. The highest BCUT2D eigenvalue weighted by Gasteiger charge is 2.42. The second kappa shape index (κ2) is 5.07. The van der Waals surface area contributed by atoms with Gasteiger partial charge >= 0.3 is 6.03 Å². The van der Waals surface area contributed by atoms with Crippen LogP contribution in [0.25, 0.3) is 0 Å². The van der Waals surface area contributed by atoms with Crippen LogP contribution < -0.4 is 0 Å². The van der Waals surface area contributed by atoms with Crippen LogP contribution in [-0.4, -0.2) is 40.1 Å². The van der Waals surface area contributed by atoms with Gasteiger partial charge in [-0.25, -0.2) is 4.79 Å². The van der Waals surface area contributed by atoms with E-state index in [2.05, 4.69) is 0 Å². The molecule has 1 rings (SSSR count). The van der Waals surface area contributed by atoms with E-state index in [-0.39, 0.29) is 25.3 Å². The molecule has 0 saturated carbocycles. The van der Waals surface area contributed by atoms with Gasteiger partial charge in [-0.3, -0.25) is 19.3 Å². The zero-order valence-corrected chi connectivity index (χ0v) is 10.2. The lowest BCUT2D eigenvalue weighted by Crippen LogP contribution is -2.59. The molecule has 0 aliphatic carbocycles. The van der Waals surface area contributed by atoms with Gasteiger partial charge in [0, 0.05) is 19.4 Å². The quantitative estimate of drug-likeness (QED) is 0.714. The largest absolute Gasteiger partial charge is 0.340 e. The molecule has 5 amide bonds. The van der Waals surface area contributed by atoms with Crippen LogP contribution in [0.15, 0.2) is 0 Å². The maximum Gasteiger partial charge on any atom is 0.340 e. The Morgan fingerprint density at radius 3 is 2.18 bits per heavy atom. The highest BCUT2D eigenvalue weighted by atomic mass is 16.2. The minimum Gasteiger partial charge on any atom is -0.274 e. The fourth-order valence-corrected chi connectivity index (χ4v) is 1.65. The van der Waals surface area contributed by atoms with Crippen LogP contribution in [0.4, 0.5) is 4.79 Å². The molecular weight excluding hydrogens is 224 g/mol. The summed E-state index contributed by atoms with van der Waals surface area (Å²) in [5.74, 6) is -2.00. The van der Waals surface area contributed by atoms with Crippen LogP contribution in [0.5, 0.6) is 0 Å². The first-order valence-corrected chi connectivity index (χ1v) is 5.65. The maximum atomic E-state index is 11.9. The third-order valence-electron chi connectivity index (χ3n) is 2.68. The Balaban J connectivity index is 3.03. The lowest BCUT2D eigenvalue weighted by molar-refractivity contribution is -0.148.